The quantitative estimate of drug-likeness (QED) is 0.103. The number of primary amides is 3. The van der Waals surface area contributed by atoms with E-state index in [-0.39, 0.29) is 6.41 Å². The third-order valence-corrected chi connectivity index (χ3v) is 0.389. The zero-order chi connectivity index (χ0) is 11.3. The molecule has 0 radical (unpaired) electrons. The van der Waals surface area contributed by atoms with E-state index in [1.165, 1.54) is 7.05 Å². The van der Waals surface area contributed by atoms with Crippen LogP contribution in [-0.2, 0) is 4.79 Å². The van der Waals surface area contributed by atoms with Gasteiger partial charge in [0, 0.05) is 7.05 Å². The van der Waals surface area contributed by atoms with E-state index in [2.05, 4.69) is 28.4 Å². The Morgan fingerprint density at radius 2 is 1.38 bits per heavy atom. The minimum Gasteiger partial charge on any atom is -0.372 e. The number of hydrogen-bond acceptors (Lipinski definition) is 4. The number of rotatable bonds is 0. The van der Waals surface area contributed by atoms with Crippen LogP contribution in [0.2, 0.25) is 0 Å². The van der Waals surface area contributed by atoms with Gasteiger partial charge in [-0.2, -0.15) is 0 Å². The molecule has 0 atom stereocenters. The normalized spacial score (nSPS) is 6.00. The third kappa shape index (κ3) is 163. The van der Waals surface area contributed by atoms with Gasteiger partial charge in [0.25, 0.3) is 0 Å². The largest absolute Gasteiger partial charge is 0.372 e. The molecule has 0 aromatic heterocycles. The number of hydrazine groups is 1. The summed E-state index contributed by atoms with van der Waals surface area (Å²) in [5.41, 5.74) is 14.8. The molecule has 0 fully saturated rings. The maximum Gasteiger partial charge on any atom is 0.326 e. The molecule has 0 saturated heterocycles. The fraction of sp³-hybridized carbons (Fsp3) is 0.250. The highest BCUT2D eigenvalue weighted by atomic mass is 16.2. The average Bonchev–Trinajstić information content (AvgIpc) is 2.07. The SMILES string of the molecule is CNC(N)=O.NC=O.NNC(N)=O. The first-order valence-electron chi connectivity index (χ1n) is 2.84. The Morgan fingerprint density at radius 3 is 1.38 bits per heavy atom. The van der Waals surface area contributed by atoms with Gasteiger partial charge in [-0.05, 0) is 0 Å². The van der Waals surface area contributed by atoms with Crippen molar-refractivity contribution in [2.24, 2.45) is 23.0 Å². The van der Waals surface area contributed by atoms with Crippen molar-refractivity contribution in [2.75, 3.05) is 7.05 Å². The minimum absolute atomic E-state index is 0.250. The van der Waals surface area contributed by atoms with Crippen LogP contribution in [0.15, 0.2) is 0 Å². The molecule has 0 aromatic rings. The van der Waals surface area contributed by atoms with E-state index in [4.69, 9.17) is 4.79 Å². The molecule has 0 aromatic carbocycles. The maximum atomic E-state index is 9.48. The monoisotopic (exact) mass is 194 g/mol. The Kier molecular flexibility index (Phi) is 21.8. The molecule has 0 heterocycles. The zero-order valence-electron chi connectivity index (χ0n) is 7.11. The van der Waals surface area contributed by atoms with E-state index in [0.717, 1.165) is 0 Å². The first kappa shape index (κ1) is 17.2. The summed E-state index contributed by atoms with van der Waals surface area (Å²) < 4.78 is 0. The van der Waals surface area contributed by atoms with Crippen molar-refractivity contribution in [3.8, 4) is 0 Å². The second-order valence-corrected chi connectivity index (χ2v) is 1.26. The number of amides is 5. The van der Waals surface area contributed by atoms with Crippen molar-refractivity contribution in [1.29, 1.82) is 0 Å². The zero-order valence-corrected chi connectivity index (χ0v) is 7.11. The molecule has 10 N–H and O–H groups in total. The van der Waals surface area contributed by atoms with Crippen LogP contribution in [0.4, 0.5) is 9.59 Å². The summed E-state index contributed by atoms with van der Waals surface area (Å²) in [6.07, 6.45) is 0.250. The van der Waals surface area contributed by atoms with Gasteiger partial charge in [-0.25, -0.2) is 15.4 Å². The van der Waals surface area contributed by atoms with Gasteiger partial charge >= 0.3 is 12.1 Å². The van der Waals surface area contributed by atoms with E-state index in [1.807, 2.05) is 0 Å². The lowest BCUT2D eigenvalue weighted by molar-refractivity contribution is -0.106. The Labute approximate surface area is 74.8 Å². The van der Waals surface area contributed by atoms with Crippen LogP contribution in [0.5, 0.6) is 0 Å². The fourth-order valence-electron chi connectivity index (χ4n) is 0. The molecule has 9 heteroatoms. The summed E-state index contributed by atoms with van der Waals surface area (Å²) in [6.45, 7) is 0. The Hall–Kier alpha value is -2.03. The van der Waals surface area contributed by atoms with Gasteiger partial charge in [-0.1, -0.05) is 0 Å². The van der Waals surface area contributed by atoms with Crippen molar-refractivity contribution in [1.82, 2.24) is 10.7 Å². The number of nitrogens with one attached hydrogen (secondary N) is 2. The summed E-state index contributed by atoms with van der Waals surface area (Å²) in [4.78, 5) is 27.4. The average molecular weight is 194 g/mol. The molecule has 0 aliphatic rings. The van der Waals surface area contributed by atoms with Crippen molar-refractivity contribution >= 4 is 18.5 Å². The van der Waals surface area contributed by atoms with Crippen LogP contribution in [0.3, 0.4) is 0 Å². The minimum atomic E-state index is -0.718. The van der Waals surface area contributed by atoms with Crippen LogP contribution >= 0.6 is 0 Å². The molecule has 0 rings (SSSR count). The van der Waals surface area contributed by atoms with E-state index in [9.17, 15) is 9.59 Å². The number of urea groups is 2. The van der Waals surface area contributed by atoms with Crippen LogP contribution < -0.4 is 33.8 Å². The van der Waals surface area contributed by atoms with Crippen LogP contribution in [0.25, 0.3) is 0 Å². The molecule has 13 heavy (non-hydrogen) atoms. The first-order valence-corrected chi connectivity index (χ1v) is 2.84. The third-order valence-electron chi connectivity index (χ3n) is 0.389. The fourth-order valence-corrected chi connectivity index (χ4v) is 0. The van der Waals surface area contributed by atoms with Gasteiger partial charge in [-0.15, -0.1) is 0 Å². The molecule has 78 valence electrons. The summed E-state index contributed by atoms with van der Waals surface area (Å²) >= 11 is 0. The smallest absolute Gasteiger partial charge is 0.326 e. The number of carbonyl (C=O) groups excluding carboxylic acids is 3. The predicted molar refractivity (Wildman–Crippen MR) is 45.8 cm³/mol. The lowest BCUT2D eigenvalue weighted by atomic mass is 11.1. The van der Waals surface area contributed by atoms with Crippen LogP contribution in [0.1, 0.15) is 0 Å². The van der Waals surface area contributed by atoms with Crippen molar-refractivity contribution in [3.05, 3.63) is 0 Å². The maximum absolute atomic E-state index is 9.48. The van der Waals surface area contributed by atoms with Gasteiger partial charge in [0.2, 0.25) is 6.41 Å². The Bertz CT molecular complexity index is 135. The van der Waals surface area contributed by atoms with E-state index in [1.54, 1.807) is 5.43 Å². The van der Waals surface area contributed by atoms with Crippen LogP contribution in [-0.4, -0.2) is 25.5 Å². The standard InChI is InChI=1S/C2H6N2O.CH5N3O.CH3NO/c1-4-2(3)5;2-1(5)4-3;2-1-3/h1H3,(H3,3,4,5);3H2,(H3,2,4,5);1H,(H2,2,3). The predicted octanol–water partition coefficient (Wildman–Crippen LogP) is -3.09. The lowest BCUT2D eigenvalue weighted by Gasteiger charge is -1.81. The molecule has 9 nitrogen and oxygen atoms in total. The van der Waals surface area contributed by atoms with E-state index >= 15 is 0 Å². The highest BCUT2D eigenvalue weighted by Crippen LogP contribution is 1.38. The molecule has 0 unspecified atom stereocenters. The van der Waals surface area contributed by atoms with E-state index < -0.39 is 12.1 Å². The second kappa shape index (κ2) is 16.5. The highest BCUT2D eigenvalue weighted by molar-refractivity contribution is 5.71. The molecular formula is C4H14N6O3. The van der Waals surface area contributed by atoms with Crippen molar-refractivity contribution < 1.29 is 14.4 Å². The first-order chi connectivity index (χ1) is 5.95. The molecule has 0 bridgehead atoms. The number of hydrogen-bond donors (Lipinski definition) is 6. The highest BCUT2D eigenvalue weighted by Gasteiger charge is 1.73. The Morgan fingerprint density at radius 1 is 1.23 bits per heavy atom. The Balaban J connectivity index is -0.000000120. The molecule has 0 saturated carbocycles. The number of carbonyl (C=O) groups is 3. The van der Waals surface area contributed by atoms with Crippen molar-refractivity contribution in [2.45, 2.75) is 0 Å². The summed E-state index contributed by atoms with van der Waals surface area (Å²) in [5.74, 6) is 4.45. The molecule has 0 spiro atoms. The van der Waals surface area contributed by atoms with Gasteiger partial charge in [0.15, 0.2) is 0 Å². The molecular weight excluding hydrogens is 180 g/mol. The van der Waals surface area contributed by atoms with Crippen molar-refractivity contribution in [3.63, 3.8) is 0 Å². The topological polar surface area (TPSA) is 179 Å². The van der Waals surface area contributed by atoms with Crippen LogP contribution in [0, 0.1) is 0 Å². The summed E-state index contributed by atoms with van der Waals surface area (Å²) in [7, 11) is 1.47. The van der Waals surface area contributed by atoms with E-state index in [0.29, 0.717) is 0 Å². The lowest BCUT2D eigenvalue weighted by Crippen LogP contribution is -2.34. The van der Waals surface area contributed by atoms with Gasteiger partial charge < -0.3 is 22.5 Å². The molecule has 0 aliphatic heterocycles. The number of nitrogens with two attached hydrogens (primary N) is 4. The summed E-state index contributed by atoms with van der Waals surface area (Å²) in [6, 6.07) is -1.21. The van der Waals surface area contributed by atoms with Gasteiger partial charge in [0.05, 0.1) is 0 Å². The van der Waals surface area contributed by atoms with Gasteiger partial charge in [0.1, 0.15) is 0 Å². The molecule has 5 amide bonds. The molecule has 0 aliphatic carbocycles. The second-order valence-electron chi connectivity index (χ2n) is 1.26. The van der Waals surface area contributed by atoms with Gasteiger partial charge in [-0.3, -0.25) is 10.2 Å². The summed E-state index contributed by atoms with van der Waals surface area (Å²) in [5, 5.41) is 2.17.